The first-order chi connectivity index (χ1) is 5.14. The van der Waals surface area contributed by atoms with E-state index in [9.17, 15) is 0 Å². The summed E-state index contributed by atoms with van der Waals surface area (Å²) in [6, 6.07) is 0. The zero-order valence-corrected chi connectivity index (χ0v) is 7.17. The normalized spacial score (nSPS) is 26.4. The summed E-state index contributed by atoms with van der Waals surface area (Å²) in [5, 5.41) is 17.9. The van der Waals surface area contributed by atoms with Crippen LogP contribution < -0.4 is 0 Å². The van der Waals surface area contributed by atoms with Crippen LogP contribution in [0.5, 0.6) is 0 Å². The molecule has 0 aromatic rings. The third kappa shape index (κ3) is 1.63. The Labute approximate surface area is 67.6 Å². The quantitative estimate of drug-likeness (QED) is 0.597. The fraction of sp³-hybridized carbons (Fsp3) is 0.778. The van der Waals surface area contributed by atoms with E-state index in [1.165, 1.54) is 5.57 Å². The van der Waals surface area contributed by atoms with Crippen molar-refractivity contribution in [2.24, 2.45) is 11.3 Å². The number of rotatable bonds is 3. The zero-order chi connectivity index (χ0) is 8.48. The van der Waals surface area contributed by atoms with Crippen molar-refractivity contribution in [1.29, 1.82) is 0 Å². The van der Waals surface area contributed by atoms with Crippen LogP contribution in [0.1, 0.15) is 20.3 Å². The lowest BCUT2D eigenvalue weighted by Crippen LogP contribution is -2.14. The van der Waals surface area contributed by atoms with Crippen LogP contribution in [0.3, 0.4) is 0 Å². The van der Waals surface area contributed by atoms with Gasteiger partial charge in [0.25, 0.3) is 0 Å². The second kappa shape index (κ2) is 2.95. The molecule has 0 spiro atoms. The molecule has 1 fully saturated rings. The largest absolute Gasteiger partial charge is 0.396 e. The topological polar surface area (TPSA) is 40.5 Å². The molecular weight excluding hydrogens is 140 g/mol. The van der Waals surface area contributed by atoms with Gasteiger partial charge in [0.05, 0.1) is 13.2 Å². The molecule has 0 bridgehead atoms. The van der Waals surface area contributed by atoms with E-state index in [2.05, 4.69) is 6.08 Å². The van der Waals surface area contributed by atoms with Crippen LogP contribution in [0, 0.1) is 11.3 Å². The molecule has 2 nitrogen and oxygen atoms in total. The van der Waals surface area contributed by atoms with E-state index >= 15 is 0 Å². The first-order valence-corrected chi connectivity index (χ1v) is 4.01. The van der Waals surface area contributed by atoms with Crippen molar-refractivity contribution in [3.63, 3.8) is 0 Å². The minimum Gasteiger partial charge on any atom is -0.396 e. The molecule has 0 aromatic heterocycles. The minimum atomic E-state index is -0.183. The smallest absolute Gasteiger partial charge is 0.0515 e. The number of hydrogen-bond acceptors (Lipinski definition) is 2. The second-order valence-corrected chi connectivity index (χ2v) is 3.73. The molecule has 64 valence electrons. The van der Waals surface area contributed by atoms with Gasteiger partial charge in [-0.3, -0.25) is 0 Å². The maximum absolute atomic E-state index is 8.95. The summed E-state index contributed by atoms with van der Waals surface area (Å²) in [6.45, 7) is 4.30. The summed E-state index contributed by atoms with van der Waals surface area (Å²) in [6.07, 6.45) is 3.07. The molecule has 0 aliphatic heterocycles. The fourth-order valence-corrected chi connectivity index (χ4v) is 1.43. The molecule has 1 saturated carbocycles. The molecule has 1 rings (SSSR count). The first-order valence-electron chi connectivity index (χ1n) is 4.01. The van der Waals surface area contributed by atoms with Gasteiger partial charge < -0.3 is 10.2 Å². The van der Waals surface area contributed by atoms with E-state index in [4.69, 9.17) is 10.2 Å². The molecule has 1 unspecified atom stereocenters. The molecule has 0 radical (unpaired) electrons. The monoisotopic (exact) mass is 156 g/mol. The highest BCUT2D eigenvalue weighted by Crippen LogP contribution is 2.52. The minimum absolute atomic E-state index is 0.109. The lowest BCUT2D eigenvalue weighted by atomic mass is 10.1. The molecule has 1 aliphatic carbocycles. The van der Waals surface area contributed by atoms with Gasteiger partial charge in [0.1, 0.15) is 0 Å². The van der Waals surface area contributed by atoms with Gasteiger partial charge in [-0.1, -0.05) is 11.6 Å². The van der Waals surface area contributed by atoms with Crippen LogP contribution >= 0.6 is 0 Å². The van der Waals surface area contributed by atoms with Crippen LogP contribution in [-0.2, 0) is 0 Å². The summed E-state index contributed by atoms with van der Waals surface area (Å²) < 4.78 is 0. The van der Waals surface area contributed by atoms with Crippen molar-refractivity contribution in [1.82, 2.24) is 0 Å². The van der Waals surface area contributed by atoms with Gasteiger partial charge in [-0.2, -0.15) is 0 Å². The zero-order valence-electron chi connectivity index (χ0n) is 7.17. The fourth-order valence-electron chi connectivity index (χ4n) is 1.43. The van der Waals surface area contributed by atoms with Crippen molar-refractivity contribution < 1.29 is 10.2 Å². The Kier molecular flexibility index (Phi) is 2.35. The molecule has 2 N–H and O–H groups in total. The van der Waals surface area contributed by atoms with Crippen LogP contribution in [0.25, 0.3) is 0 Å². The predicted molar refractivity (Wildman–Crippen MR) is 44.1 cm³/mol. The maximum atomic E-state index is 8.95. The molecule has 0 saturated heterocycles. The standard InChI is InChI=1S/C9H16O2/c1-7(2)3-8-4-9(8,5-10)6-11/h3,8,10-11H,4-6H2,1-2H3. The van der Waals surface area contributed by atoms with E-state index in [-0.39, 0.29) is 18.6 Å². The highest BCUT2D eigenvalue weighted by atomic mass is 16.3. The molecule has 0 heterocycles. The molecule has 0 aromatic carbocycles. The Balaban J connectivity index is 2.51. The van der Waals surface area contributed by atoms with E-state index in [1.807, 2.05) is 13.8 Å². The van der Waals surface area contributed by atoms with Crippen LogP contribution in [0.4, 0.5) is 0 Å². The SMILES string of the molecule is CC(C)=CC1CC1(CO)CO. The van der Waals surface area contributed by atoms with Gasteiger partial charge in [0, 0.05) is 5.41 Å². The van der Waals surface area contributed by atoms with Gasteiger partial charge in [0.15, 0.2) is 0 Å². The van der Waals surface area contributed by atoms with E-state index < -0.39 is 0 Å². The van der Waals surface area contributed by atoms with Crippen molar-refractivity contribution in [3.05, 3.63) is 11.6 Å². The summed E-state index contributed by atoms with van der Waals surface area (Å²) in [7, 11) is 0. The van der Waals surface area contributed by atoms with E-state index in [0.717, 1.165) is 6.42 Å². The number of aliphatic hydroxyl groups is 2. The Hall–Kier alpha value is -0.340. The summed E-state index contributed by atoms with van der Waals surface area (Å²) in [5.41, 5.74) is 1.08. The molecule has 1 aliphatic rings. The molecule has 11 heavy (non-hydrogen) atoms. The third-order valence-electron chi connectivity index (χ3n) is 2.42. The first kappa shape index (κ1) is 8.75. The lowest BCUT2D eigenvalue weighted by molar-refractivity contribution is 0.126. The van der Waals surface area contributed by atoms with Crippen molar-refractivity contribution in [2.45, 2.75) is 20.3 Å². The Morgan fingerprint density at radius 1 is 1.45 bits per heavy atom. The molecular formula is C9H16O2. The van der Waals surface area contributed by atoms with E-state index in [1.54, 1.807) is 0 Å². The summed E-state index contributed by atoms with van der Waals surface area (Å²) >= 11 is 0. The molecule has 1 atom stereocenters. The van der Waals surface area contributed by atoms with Gasteiger partial charge in [0.2, 0.25) is 0 Å². The van der Waals surface area contributed by atoms with Crippen molar-refractivity contribution in [3.8, 4) is 0 Å². The number of hydrogen-bond donors (Lipinski definition) is 2. The highest BCUT2D eigenvalue weighted by Gasteiger charge is 2.51. The average Bonchev–Trinajstić information content (AvgIpc) is 2.63. The molecule has 0 amide bonds. The Bertz CT molecular complexity index is 164. The number of aliphatic hydroxyl groups excluding tert-OH is 2. The summed E-state index contributed by atoms with van der Waals surface area (Å²) in [5.74, 6) is 0.405. The van der Waals surface area contributed by atoms with Crippen LogP contribution in [0.15, 0.2) is 11.6 Å². The Morgan fingerprint density at radius 3 is 2.27 bits per heavy atom. The number of allylic oxidation sites excluding steroid dienone is 2. The third-order valence-corrected chi connectivity index (χ3v) is 2.42. The maximum Gasteiger partial charge on any atom is 0.0515 e. The van der Waals surface area contributed by atoms with E-state index in [0.29, 0.717) is 5.92 Å². The van der Waals surface area contributed by atoms with Gasteiger partial charge in [-0.05, 0) is 26.2 Å². The van der Waals surface area contributed by atoms with Crippen LogP contribution in [-0.4, -0.2) is 23.4 Å². The summed E-state index contributed by atoms with van der Waals surface area (Å²) in [4.78, 5) is 0. The lowest BCUT2D eigenvalue weighted by Gasteiger charge is -2.07. The second-order valence-electron chi connectivity index (χ2n) is 3.73. The van der Waals surface area contributed by atoms with Crippen molar-refractivity contribution in [2.75, 3.05) is 13.2 Å². The van der Waals surface area contributed by atoms with Gasteiger partial charge in [-0.15, -0.1) is 0 Å². The van der Waals surface area contributed by atoms with Gasteiger partial charge >= 0.3 is 0 Å². The highest BCUT2D eigenvalue weighted by molar-refractivity contribution is 5.14. The molecule has 2 heteroatoms. The van der Waals surface area contributed by atoms with Gasteiger partial charge in [-0.25, -0.2) is 0 Å². The van der Waals surface area contributed by atoms with Crippen molar-refractivity contribution >= 4 is 0 Å². The average molecular weight is 156 g/mol. The predicted octanol–water partition coefficient (Wildman–Crippen LogP) is 0.944. The Morgan fingerprint density at radius 2 is 2.00 bits per heavy atom. The van der Waals surface area contributed by atoms with Crippen LogP contribution in [0.2, 0.25) is 0 Å².